The molecule has 1 unspecified atom stereocenters. The lowest BCUT2D eigenvalue weighted by molar-refractivity contribution is -0.144. The number of esters is 1. The van der Waals surface area contributed by atoms with Crippen molar-refractivity contribution in [2.75, 3.05) is 18.6 Å². The SMILES string of the molecule is CS(=O)(=O)CCC(NC(=O)c1ccccc1Br)C(=O)OCC#N. The Bertz CT molecular complexity index is 727. The quantitative estimate of drug-likeness (QED) is 0.681. The fourth-order valence-electron chi connectivity index (χ4n) is 1.67. The van der Waals surface area contributed by atoms with Crippen molar-refractivity contribution in [3.05, 3.63) is 34.3 Å². The Morgan fingerprint density at radius 1 is 1.39 bits per heavy atom. The highest BCUT2D eigenvalue weighted by molar-refractivity contribution is 9.10. The normalized spacial score (nSPS) is 12.0. The average molecular weight is 403 g/mol. The largest absolute Gasteiger partial charge is 0.449 e. The Labute approximate surface area is 142 Å². The number of carbonyl (C=O) groups is 2. The maximum Gasteiger partial charge on any atom is 0.329 e. The predicted molar refractivity (Wildman–Crippen MR) is 86.3 cm³/mol. The third-order valence-corrected chi connectivity index (χ3v) is 4.43. The fourth-order valence-corrected chi connectivity index (χ4v) is 2.79. The van der Waals surface area contributed by atoms with Gasteiger partial charge in [-0.15, -0.1) is 0 Å². The van der Waals surface area contributed by atoms with E-state index in [1.807, 2.05) is 0 Å². The Kier molecular flexibility index (Phi) is 7.19. The first-order chi connectivity index (χ1) is 10.7. The van der Waals surface area contributed by atoms with Crippen molar-refractivity contribution in [3.8, 4) is 6.07 Å². The molecule has 0 saturated heterocycles. The number of sulfone groups is 1. The summed E-state index contributed by atoms with van der Waals surface area (Å²) in [6.07, 6.45) is 0.888. The first kappa shape index (κ1) is 19.1. The summed E-state index contributed by atoms with van der Waals surface area (Å²) in [6.45, 7) is -0.473. The van der Waals surface area contributed by atoms with Crippen LogP contribution in [-0.4, -0.2) is 45.0 Å². The molecule has 1 atom stereocenters. The van der Waals surface area contributed by atoms with Gasteiger partial charge in [0.1, 0.15) is 21.9 Å². The van der Waals surface area contributed by atoms with Crippen molar-refractivity contribution in [2.45, 2.75) is 12.5 Å². The second-order valence-electron chi connectivity index (χ2n) is 4.69. The molecule has 0 radical (unpaired) electrons. The zero-order chi connectivity index (χ0) is 17.5. The van der Waals surface area contributed by atoms with E-state index in [-0.39, 0.29) is 12.2 Å². The molecule has 1 amide bonds. The Balaban J connectivity index is 2.87. The van der Waals surface area contributed by atoms with Crippen molar-refractivity contribution in [3.63, 3.8) is 0 Å². The number of benzene rings is 1. The molecule has 0 spiro atoms. The van der Waals surface area contributed by atoms with Crippen molar-refractivity contribution in [2.24, 2.45) is 0 Å². The van der Waals surface area contributed by atoms with Gasteiger partial charge in [-0.2, -0.15) is 5.26 Å². The highest BCUT2D eigenvalue weighted by Crippen LogP contribution is 2.16. The maximum atomic E-state index is 12.2. The Morgan fingerprint density at radius 2 is 2.04 bits per heavy atom. The number of nitrogens with zero attached hydrogens (tertiary/aromatic N) is 1. The molecule has 1 rings (SSSR count). The number of amides is 1. The maximum absolute atomic E-state index is 12.2. The molecule has 124 valence electrons. The zero-order valence-electron chi connectivity index (χ0n) is 12.3. The lowest BCUT2D eigenvalue weighted by Gasteiger charge is -2.17. The summed E-state index contributed by atoms with van der Waals surface area (Å²) in [4.78, 5) is 24.1. The van der Waals surface area contributed by atoms with Crippen LogP contribution in [0, 0.1) is 11.3 Å². The van der Waals surface area contributed by atoms with Crippen LogP contribution in [0.4, 0.5) is 0 Å². The number of carbonyl (C=O) groups excluding carboxylic acids is 2. The molecule has 0 fully saturated rings. The summed E-state index contributed by atoms with van der Waals surface area (Å²) < 4.78 is 27.7. The van der Waals surface area contributed by atoms with Gasteiger partial charge in [0.2, 0.25) is 0 Å². The first-order valence-corrected chi connectivity index (χ1v) is 9.36. The first-order valence-electron chi connectivity index (χ1n) is 6.51. The number of ether oxygens (including phenoxy) is 1. The minimum absolute atomic E-state index is 0.140. The molecule has 0 saturated carbocycles. The summed E-state index contributed by atoms with van der Waals surface area (Å²) in [7, 11) is -3.32. The van der Waals surface area contributed by atoms with E-state index in [4.69, 9.17) is 5.26 Å². The van der Waals surface area contributed by atoms with Crippen molar-refractivity contribution in [1.29, 1.82) is 5.26 Å². The van der Waals surface area contributed by atoms with Gasteiger partial charge in [-0.25, -0.2) is 13.2 Å². The van der Waals surface area contributed by atoms with Crippen molar-refractivity contribution >= 4 is 37.6 Å². The number of halogens is 1. The van der Waals surface area contributed by atoms with E-state index in [1.165, 1.54) is 0 Å². The minimum Gasteiger partial charge on any atom is -0.449 e. The molecule has 1 N–H and O–H groups in total. The Hall–Kier alpha value is -1.92. The summed E-state index contributed by atoms with van der Waals surface area (Å²) in [5.74, 6) is -1.70. The van der Waals surface area contributed by atoms with E-state index < -0.39 is 34.4 Å². The van der Waals surface area contributed by atoms with Crippen LogP contribution in [0.25, 0.3) is 0 Å². The average Bonchev–Trinajstić information content (AvgIpc) is 2.48. The topological polar surface area (TPSA) is 113 Å². The van der Waals surface area contributed by atoms with Crippen molar-refractivity contribution < 1.29 is 22.7 Å². The molecular formula is C14H15BrN2O5S. The van der Waals surface area contributed by atoms with Crippen LogP contribution >= 0.6 is 15.9 Å². The molecule has 1 aromatic rings. The van der Waals surface area contributed by atoms with Crippen LogP contribution in [0.2, 0.25) is 0 Å². The van der Waals surface area contributed by atoms with Gasteiger partial charge in [-0.3, -0.25) is 4.79 Å². The van der Waals surface area contributed by atoms with Crippen molar-refractivity contribution in [1.82, 2.24) is 5.32 Å². The van der Waals surface area contributed by atoms with E-state index in [0.717, 1.165) is 6.26 Å². The van der Waals surface area contributed by atoms with Gasteiger partial charge in [0, 0.05) is 10.7 Å². The van der Waals surface area contributed by atoms with Gasteiger partial charge in [0.15, 0.2) is 6.61 Å². The Morgan fingerprint density at radius 3 is 2.61 bits per heavy atom. The number of rotatable bonds is 7. The smallest absolute Gasteiger partial charge is 0.329 e. The van der Waals surface area contributed by atoms with Gasteiger partial charge >= 0.3 is 5.97 Å². The van der Waals surface area contributed by atoms with E-state index in [2.05, 4.69) is 26.0 Å². The molecule has 0 aliphatic carbocycles. The standard InChI is InChI=1S/C14H15BrN2O5S/c1-23(20,21)9-6-12(14(19)22-8-7-16)17-13(18)10-4-2-3-5-11(10)15/h2-5,12H,6,8-9H2,1H3,(H,17,18). The van der Waals surface area contributed by atoms with Crippen LogP contribution in [0.5, 0.6) is 0 Å². The van der Waals surface area contributed by atoms with Crippen LogP contribution in [0.15, 0.2) is 28.7 Å². The molecule has 0 aliphatic rings. The fraction of sp³-hybridized carbons (Fsp3) is 0.357. The molecule has 0 aliphatic heterocycles. The summed E-state index contributed by atoms with van der Waals surface area (Å²) in [5, 5.41) is 10.9. The predicted octanol–water partition coefficient (Wildman–Crippen LogP) is 1.05. The highest BCUT2D eigenvalue weighted by Gasteiger charge is 2.25. The van der Waals surface area contributed by atoms with Crippen LogP contribution in [-0.2, 0) is 19.4 Å². The molecule has 7 nitrogen and oxygen atoms in total. The van der Waals surface area contributed by atoms with Gasteiger partial charge < -0.3 is 10.1 Å². The number of nitriles is 1. The molecular weight excluding hydrogens is 388 g/mol. The summed E-state index contributed by atoms with van der Waals surface area (Å²) in [6, 6.07) is 7.07. The number of hydrogen-bond donors (Lipinski definition) is 1. The highest BCUT2D eigenvalue weighted by atomic mass is 79.9. The number of nitrogens with one attached hydrogen (secondary N) is 1. The molecule has 9 heteroatoms. The molecule has 23 heavy (non-hydrogen) atoms. The second-order valence-corrected chi connectivity index (χ2v) is 7.80. The molecule has 0 heterocycles. The summed E-state index contributed by atoms with van der Waals surface area (Å²) in [5.41, 5.74) is 0.296. The minimum atomic E-state index is -3.32. The lowest BCUT2D eigenvalue weighted by atomic mass is 10.1. The zero-order valence-corrected chi connectivity index (χ0v) is 14.7. The lowest BCUT2D eigenvalue weighted by Crippen LogP contribution is -2.43. The van der Waals surface area contributed by atoms with Gasteiger partial charge in [0.25, 0.3) is 5.91 Å². The monoisotopic (exact) mass is 402 g/mol. The summed E-state index contributed by atoms with van der Waals surface area (Å²) >= 11 is 3.22. The molecule has 0 bridgehead atoms. The third-order valence-electron chi connectivity index (χ3n) is 2.76. The van der Waals surface area contributed by atoms with Crippen LogP contribution in [0.3, 0.4) is 0 Å². The molecule has 0 aromatic heterocycles. The van der Waals surface area contributed by atoms with Gasteiger partial charge in [-0.1, -0.05) is 12.1 Å². The van der Waals surface area contributed by atoms with Crippen LogP contribution in [0.1, 0.15) is 16.8 Å². The number of hydrogen-bond acceptors (Lipinski definition) is 6. The second kappa shape index (κ2) is 8.64. The molecule has 1 aromatic carbocycles. The van der Waals surface area contributed by atoms with E-state index in [1.54, 1.807) is 30.3 Å². The van der Waals surface area contributed by atoms with E-state index in [9.17, 15) is 18.0 Å². The van der Waals surface area contributed by atoms with Crippen LogP contribution < -0.4 is 5.32 Å². The van der Waals surface area contributed by atoms with E-state index in [0.29, 0.717) is 10.0 Å². The van der Waals surface area contributed by atoms with Gasteiger partial charge in [-0.05, 0) is 34.5 Å². The van der Waals surface area contributed by atoms with E-state index >= 15 is 0 Å². The van der Waals surface area contributed by atoms with Gasteiger partial charge in [0.05, 0.1) is 11.3 Å². The third kappa shape index (κ3) is 6.80.